The van der Waals surface area contributed by atoms with Crippen molar-refractivity contribution in [2.75, 3.05) is 0 Å². The number of carbonyl (C=O) groups excluding carboxylic acids is 1. The summed E-state index contributed by atoms with van der Waals surface area (Å²) in [5.41, 5.74) is 0.226. The number of hydrogen-bond donors (Lipinski definition) is 0. The van der Waals surface area contributed by atoms with Crippen LogP contribution in [0.5, 0.6) is 0 Å². The van der Waals surface area contributed by atoms with Crippen LogP contribution in [0.3, 0.4) is 0 Å². The zero-order valence-electron chi connectivity index (χ0n) is 7.75. The van der Waals surface area contributed by atoms with E-state index >= 15 is 0 Å². The minimum atomic E-state index is 0.189. The van der Waals surface area contributed by atoms with E-state index in [1.807, 2.05) is 0 Å². The van der Waals surface area contributed by atoms with Gasteiger partial charge >= 0.3 is 0 Å². The van der Waals surface area contributed by atoms with Crippen LogP contribution in [0.1, 0.15) is 33.1 Å². The lowest BCUT2D eigenvalue weighted by atomic mass is 9.74. The summed E-state index contributed by atoms with van der Waals surface area (Å²) in [5, 5.41) is 0. The van der Waals surface area contributed by atoms with Crippen molar-refractivity contribution in [3.63, 3.8) is 0 Å². The van der Waals surface area contributed by atoms with E-state index in [2.05, 4.69) is 13.8 Å². The first-order valence-corrected chi connectivity index (χ1v) is 4.75. The van der Waals surface area contributed by atoms with Crippen LogP contribution < -0.4 is 0 Å². The molecule has 0 aromatic heterocycles. The second-order valence-corrected chi connectivity index (χ2v) is 4.74. The predicted octanol–water partition coefficient (Wildman–Crippen LogP) is 1.98. The largest absolute Gasteiger partial charge is 0.464 e. The maximum absolute atomic E-state index is 10.3. The number of rotatable bonds is 2. The molecule has 2 heteroatoms. The number of ether oxygens (including phenoxy) is 1. The molecule has 0 aromatic carbocycles. The maximum atomic E-state index is 10.3. The number of carbonyl (C=O) groups is 1. The molecule has 2 aliphatic carbocycles. The normalized spacial score (nSPS) is 43.0. The van der Waals surface area contributed by atoms with Gasteiger partial charge in [-0.2, -0.15) is 0 Å². The maximum Gasteiger partial charge on any atom is 0.293 e. The van der Waals surface area contributed by atoms with Gasteiger partial charge in [0.2, 0.25) is 0 Å². The SMILES string of the molecule is CC1(C)C2CCC(C2)C1OC=O. The smallest absolute Gasteiger partial charge is 0.293 e. The molecule has 0 aliphatic heterocycles. The Balaban J connectivity index is 2.17. The molecular formula is C10H16O2. The van der Waals surface area contributed by atoms with E-state index in [1.54, 1.807) is 0 Å². The highest BCUT2D eigenvalue weighted by Gasteiger charge is 2.54. The summed E-state index contributed by atoms with van der Waals surface area (Å²) in [5.74, 6) is 1.43. The van der Waals surface area contributed by atoms with Crippen LogP contribution >= 0.6 is 0 Å². The molecule has 0 heterocycles. The quantitative estimate of drug-likeness (QED) is 0.589. The molecule has 2 bridgehead atoms. The Morgan fingerprint density at radius 3 is 2.67 bits per heavy atom. The van der Waals surface area contributed by atoms with E-state index in [1.165, 1.54) is 19.3 Å². The molecule has 2 aliphatic rings. The van der Waals surface area contributed by atoms with Crippen molar-refractivity contribution in [3.05, 3.63) is 0 Å². The Kier molecular flexibility index (Phi) is 1.67. The summed E-state index contributed by atoms with van der Waals surface area (Å²) in [7, 11) is 0. The molecule has 0 N–H and O–H groups in total. The fourth-order valence-corrected chi connectivity index (χ4v) is 3.15. The van der Waals surface area contributed by atoms with Crippen molar-refractivity contribution in [3.8, 4) is 0 Å². The molecule has 2 saturated carbocycles. The zero-order chi connectivity index (χ0) is 8.77. The molecule has 12 heavy (non-hydrogen) atoms. The summed E-state index contributed by atoms with van der Waals surface area (Å²) < 4.78 is 5.17. The lowest BCUT2D eigenvalue weighted by Gasteiger charge is -2.36. The lowest BCUT2D eigenvalue weighted by Crippen LogP contribution is -2.37. The van der Waals surface area contributed by atoms with E-state index in [0.717, 1.165) is 5.92 Å². The van der Waals surface area contributed by atoms with Gasteiger partial charge in [-0.15, -0.1) is 0 Å². The van der Waals surface area contributed by atoms with Crippen molar-refractivity contribution < 1.29 is 9.53 Å². The van der Waals surface area contributed by atoms with E-state index in [0.29, 0.717) is 12.4 Å². The third-order valence-corrected chi connectivity index (χ3v) is 3.89. The minimum absolute atomic E-state index is 0.189. The second kappa shape index (κ2) is 2.48. The Labute approximate surface area is 73.3 Å². The van der Waals surface area contributed by atoms with Crippen molar-refractivity contribution in [1.29, 1.82) is 0 Å². The van der Waals surface area contributed by atoms with Gasteiger partial charge in [0.15, 0.2) is 0 Å². The van der Waals surface area contributed by atoms with E-state index in [9.17, 15) is 4.79 Å². The van der Waals surface area contributed by atoms with E-state index < -0.39 is 0 Å². The van der Waals surface area contributed by atoms with Crippen LogP contribution in [-0.4, -0.2) is 12.6 Å². The van der Waals surface area contributed by atoms with Crippen LogP contribution in [0.15, 0.2) is 0 Å². The van der Waals surface area contributed by atoms with Gasteiger partial charge < -0.3 is 4.74 Å². The summed E-state index contributed by atoms with van der Waals surface area (Å²) in [6, 6.07) is 0. The standard InChI is InChI=1S/C10H16O2/c1-10(2)8-4-3-7(5-8)9(10)12-6-11/h6-9H,3-5H2,1-2H3. The van der Waals surface area contributed by atoms with E-state index in [-0.39, 0.29) is 11.5 Å². The van der Waals surface area contributed by atoms with Crippen LogP contribution in [0.4, 0.5) is 0 Å². The highest BCUT2D eigenvalue weighted by Crippen LogP contribution is 2.56. The molecule has 2 rings (SSSR count). The third kappa shape index (κ3) is 0.900. The van der Waals surface area contributed by atoms with Crippen LogP contribution in [0.2, 0.25) is 0 Å². The minimum Gasteiger partial charge on any atom is -0.464 e. The van der Waals surface area contributed by atoms with Crippen LogP contribution in [0.25, 0.3) is 0 Å². The third-order valence-electron chi connectivity index (χ3n) is 3.89. The van der Waals surface area contributed by atoms with Crippen LogP contribution in [0, 0.1) is 17.3 Å². The first-order chi connectivity index (χ1) is 5.66. The zero-order valence-corrected chi connectivity index (χ0v) is 7.75. The van der Waals surface area contributed by atoms with Crippen molar-refractivity contribution in [1.82, 2.24) is 0 Å². The van der Waals surface area contributed by atoms with Crippen molar-refractivity contribution in [2.24, 2.45) is 17.3 Å². The summed E-state index contributed by atoms with van der Waals surface area (Å²) >= 11 is 0. The average molecular weight is 168 g/mol. The summed E-state index contributed by atoms with van der Waals surface area (Å²) in [4.78, 5) is 10.3. The number of hydrogen-bond acceptors (Lipinski definition) is 2. The first-order valence-electron chi connectivity index (χ1n) is 4.75. The topological polar surface area (TPSA) is 26.3 Å². The fourth-order valence-electron chi connectivity index (χ4n) is 3.15. The first kappa shape index (κ1) is 8.09. The molecule has 3 atom stereocenters. The summed E-state index contributed by atoms with van der Waals surface area (Å²) in [6.45, 7) is 5.07. The molecule has 68 valence electrons. The molecular weight excluding hydrogens is 152 g/mol. The molecule has 3 unspecified atom stereocenters. The van der Waals surface area contributed by atoms with E-state index in [4.69, 9.17) is 4.74 Å². The molecule has 2 fully saturated rings. The highest BCUT2D eigenvalue weighted by atomic mass is 16.5. The van der Waals surface area contributed by atoms with Gasteiger partial charge in [0.1, 0.15) is 6.10 Å². The van der Waals surface area contributed by atoms with Gasteiger partial charge in [0, 0.05) is 5.41 Å². The molecule has 0 radical (unpaired) electrons. The van der Waals surface area contributed by atoms with Crippen LogP contribution in [-0.2, 0) is 9.53 Å². The van der Waals surface area contributed by atoms with Gasteiger partial charge in [-0.25, -0.2) is 0 Å². The molecule has 0 amide bonds. The van der Waals surface area contributed by atoms with Crippen molar-refractivity contribution >= 4 is 6.47 Å². The fraction of sp³-hybridized carbons (Fsp3) is 0.900. The van der Waals surface area contributed by atoms with Gasteiger partial charge in [-0.1, -0.05) is 13.8 Å². The molecule has 0 spiro atoms. The Morgan fingerprint density at radius 2 is 2.17 bits per heavy atom. The van der Waals surface area contributed by atoms with Gasteiger partial charge in [-0.05, 0) is 31.1 Å². The average Bonchev–Trinajstić information content (AvgIpc) is 2.53. The summed E-state index contributed by atoms with van der Waals surface area (Å²) in [6.07, 6.45) is 4.04. The second-order valence-electron chi connectivity index (χ2n) is 4.74. The Bertz CT molecular complexity index is 198. The predicted molar refractivity (Wildman–Crippen MR) is 45.5 cm³/mol. The lowest BCUT2D eigenvalue weighted by molar-refractivity contribution is -0.143. The van der Waals surface area contributed by atoms with Gasteiger partial charge in [0.25, 0.3) is 6.47 Å². The molecule has 2 nitrogen and oxygen atoms in total. The Hall–Kier alpha value is -0.530. The highest BCUT2D eigenvalue weighted by molar-refractivity contribution is 5.38. The monoisotopic (exact) mass is 168 g/mol. The molecule has 0 saturated heterocycles. The van der Waals surface area contributed by atoms with Gasteiger partial charge in [0.05, 0.1) is 0 Å². The Morgan fingerprint density at radius 1 is 1.42 bits per heavy atom. The number of fused-ring (bicyclic) bond motifs is 2. The van der Waals surface area contributed by atoms with Crippen molar-refractivity contribution in [2.45, 2.75) is 39.2 Å². The van der Waals surface area contributed by atoms with Gasteiger partial charge in [-0.3, -0.25) is 4.79 Å². The molecule has 0 aromatic rings.